The summed E-state index contributed by atoms with van der Waals surface area (Å²) in [7, 11) is 3.91. The van der Waals surface area contributed by atoms with Gasteiger partial charge in [0.1, 0.15) is 5.70 Å². The molecule has 33 heavy (non-hydrogen) atoms. The predicted octanol–water partition coefficient (Wildman–Crippen LogP) is 4.00. The molecule has 6 nitrogen and oxygen atoms in total. The number of benzene rings is 2. The second-order valence-corrected chi connectivity index (χ2v) is 8.13. The molecule has 0 unspecified atom stereocenters. The van der Waals surface area contributed by atoms with E-state index in [-0.39, 0.29) is 11.8 Å². The van der Waals surface area contributed by atoms with Crippen molar-refractivity contribution in [3.63, 3.8) is 0 Å². The van der Waals surface area contributed by atoms with Crippen molar-refractivity contribution >= 4 is 28.8 Å². The lowest BCUT2D eigenvalue weighted by Gasteiger charge is -2.25. The van der Waals surface area contributed by atoms with Gasteiger partial charge in [-0.25, -0.2) is 4.90 Å². The highest BCUT2D eigenvalue weighted by Gasteiger charge is 2.42. The first kappa shape index (κ1) is 22.3. The molecule has 6 heteroatoms. The summed E-state index contributed by atoms with van der Waals surface area (Å²) in [5.74, 6) is -0.575. The molecule has 168 valence electrons. The Morgan fingerprint density at radius 1 is 0.848 bits per heavy atom. The number of pyridine rings is 1. The average Bonchev–Trinajstić information content (AvgIpc) is 3.10. The Hall–Kier alpha value is -3.93. The van der Waals surface area contributed by atoms with Crippen LogP contribution in [0.3, 0.4) is 0 Å². The van der Waals surface area contributed by atoms with Gasteiger partial charge in [0.2, 0.25) is 0 Å². The third-order valence-corrected chi connectivity index (χ3v) is 5.86. The number of aromatic nitrogens is 1. The molecule has 2 aromatic carbocycles. The monoisotopic (exact) mass is 440 g/mol. The van der Waals surface area contributed by atoms with Gasteiger partial charge in [0.25, 0.3) is 11.8 Å². The minimum atomic E-state index is -0.291. The maximum Gasteiger partial charge on any atom is 0.282 e. The molecule has 2 amide bonds. The molecule has 0 atom stereocenters. The zero-order valence-corrected chi connectivity index (χ0v) is 19.2. The normalized spacial score (nSPS) is 13.6. The minimum absolute atomic E-state index is 0.284. The fraction of sp³-hybridized carbons (Fsp3) is 0.222. The van der Waals surface area contributed by atoms with Crippen LogP contribution in [0.4, 0.5) is 11.4 Å². The van der Waals surface area contributed by atoms with Gasteiger partial charge in [-0.2, -0.15) is 0 Å². The van der Waals surface area contributed by atoms with Crippen LogP contribution >= 0.6 is 0 Å². The number of imide groups is 1. The molecule has 0 saturated carbocycles. The Balaban J connectivity index is 1.72. The third-order valence-electron chi connectivity index (χ3n) is 5.86. The van der Waals surface area contributed by atoms with Gasteiger partial charge in [-0.1, -0.05) is 30.3 Å². The zero-order valence-electron chi connectivity index (χ0n) is 19.2. The first-order chi connectivity index (χ1) is 16.0. The van der Waals surface area contributed by atoms with E-state index in [1.54, 1.807) is 12.4 Å². The zero-order chi connectivity index (χ0) is 23.4. The molecular formula is C27H28N4O2. The summed E-state index contributed by atoms with van der Waals surface area (Å²) in [6.07, 6.45) is 4.29. The lowest BCUT2D eigenvalue weighted by molar-refractivity contribution is -0.120. The van der Waals surface area contributed by atoms with E-state index in [4.69, 9.17) is 0 Å². The van der Waals surface area contributed by atoms with Gasteiger partial charge in [-0.05, 0) is 60.9 Å². The number of likely N-dealkylation sites (N-methyl/N-ethyl adjacent to an activating group) is 1. The number of amides is 2. The molecule has 0 aliphatic carbocycles. The quantitative estimate of drug-likeness (QED) is 0.496. The Bertz CT molecular complexity index is 1160. The molecule has 0 bridgehead atoms. The van der Waals surface area contributed by atoms with E-state index in [0.717, 1.165) is 23.2 Å². The maximum atomic E-state index is 13.7. The van der Waals surface area contributed by atoms with Crippen molar-refractivity contribution in [3.8, 4) is 0 Å². The molecule has 1 aliphatic rings. The van der Waals surface area contributed by atoms with Gasteiger partial charge < -0.3 is 9.80 Å². The number of hydrogen-bond donors (Lipinski definition) is 0. The standard InChI is InChI=1S/C27H28N4O2/c1-4-30(19-16-20-14-17-28-18-15-20)25-24(21-8-6-5-7-9-21)26(32)31(27(25)33)23-12-10-22(11-13-23)29(2)3/h5-15,17-18H,4,16,19H2,1-3H3. The maximum absolute atomic E-state index is 13.7. The van der Waals surface area contributed by atoms with Crippen LogP contribution in [0, 0.1) is 0 Å². The van der Waals surface area contributed by atoms with E-state index >= 15 is 0 Å². The highest BCUT2D eigenvalue weighted by molar-refractivity contribution is 6.45. The van der Waals surface area contributed by atoms with Crippen LogP contribution in [-0.4, -0.2) is 48.9 Å². The SMILES string of the molecule is CCN(CCc1ccncc1)C1=C(c2ccccc2)C(=O)N(c2ccc(N(C)C)cc2)C1=O. The van der Waals surface area contributed by atoms with Crippen molar-refractivity contribution in [2.45, 2.75) is 13.3 Å². The Kier molecular flexibility index (Phi) is 6.54. The second kappa shape index (κ2) is 9.69. The molecule has 0 radical (unpaired) electrons. The Labute approximate surface area is 194 Å². The lowest BCUT2D eigenvalue weighted by Crippen LogP contribution is -2.36. The summed E-state index contributed by atoms with van der Waals surface area (Å²) in [5, 5.41) is 0. The van der Waals surface area contributed by atoms with Gasteiger partial charge in [0.15, 0.2) is 0 Å². The summed E-state index contributed by atoms with van der Waals surface area (Å²) < 4.78 is 0. The van der Waals surface area contributed by atoms with Crippen molar-refractivity contribution in [3.05, 3.63) is 95.9 Å². The molecule has 3 aromatic rings. The van der Waals surface area contributed by atoms with Gasteiger partial charge in [-0.3, -0.25) is 14.6 Å². The summed E-state index contributed by atoms with van der Waals surface area (Å²) in [6.45, 7) is 3.25. The number of anilines is 2. The second-order valence-electron chi connectivity index (χ2n) is 8.13. The molecule has 0 fully saturated rings. The summed E-state index contributed by atoms with van der Waals surface area (Å²) in [4.78, 5) is 36.7. The molecule has 1 aromatic heterocycles. The van der Waals surface area contributed by atoms with E-state index in [1.807, 2.05) is 97.5 Å². The lowest BCUT2D eigenvalue weighted by atomic mass is 10.0. The molecule has 1 aliphatic heterocycles. The molecule has 2 heterocycles. The third kappa shape index (κ3) is 4.51. The number of hydrogen-bond acceptors (Lipinski definition) is 5. The van der Waals surface area contributed by atoms with Gasteiger partial charge >= 0.3 is 0 Å². The van der Waals surface area contributed by atoms with E-state index in [9.17, 15) is 9.59 Å². The van der Waals surface area contributed by atoms with Gasteiger partial charge in [0.05, 0.1) is 11.3 Å². The van der Waals surface area contributed by atoms with Crippen LogP contribution in [0.1, 0.15) is 18.1 Å². The highest BCUT2D eigenvalue weighted by atomic mass is 16.2. The first-order valence-corrected chi connectivity index (χ1v) is 11.1. The fourth-order valence-electron chi connectivity index (χ4n) is 4.05. The number of carbonyl (C=O) groups excluding carboxylic acids is 2. The van der Waals surface area contributed by atoms with Crippen LogP contribution < -0.4 is 9.80 Å². The van der Waals surface area contributed by atoms with Crippen molar-refractivity contribution in [1.29, 1.82) is 0 Å². The van der Waals surface area contributed by atoms with Crippen LogP contribution in [0.5, 0.6) is 0 Å². The van der Waals surface area contributed by atoms with Crippen molar-refractivity contribution in [1.82, 2.24) is 9.88 Å². The topological polar surface area (TPSA) is 56.8 Å². The van der Waals surface area contributed by atoms with Crippen LogP contribution in [-0.2, 0) is 16.0 Å². The Morgan fingerprint density at radius 3 is 2.12 bits per heavy atom. The molecule has 0 N–H and O–H groups in total. The molecular weight excluding hydrogens is 412 g/mol. The Morgan fingerprint density at radius 2 is 1.52 bits per heavy atom. The van der Waals surface area contributed by atoms with Crippen LogP contribution in [0.25, 0.3) is 5.57 Å². The summed E-state index contributed by atoms with van der Waals surface area (Å²) in [6, 6.07) is 20.9. The largest absolute Gasteiger partial charge is 0.378 e. The fourth-order valence-corrected chi connectivity index (χ4v) is 4.05. The van der Waals surface area contributed by atoms with Crippen LogP contribution in [0.2, 0.25) is 0 Å². The van der Waals surface area contributed by atoms with E-state index < -0.39 is 0 Å². The van der Waals surface area contributed by atoms with E-state index in [0.29, 0.717) is 30.0 Å². The first-order valence-electron chi connectivity index (χ1n) is 11.1. The van der Waals surface area contributed by atoms with E-state index in [1.165, 1.54) is 4.90 Å². The van der Waals surface area contributed by atoms with Gasteiger partial charge in [-0.15, -0.1) is 0 Å². The van der Waals surface area contributed by atoms with Crippen LogP contribution in [0.15, 0.2) is 84.8 Å². The number of carbonyl (C=O) groups is 2. The van der Waals surface area contributed by atoms with E-state index in [2.05, 4.69) is 4.98 Å². The molecule has 0 saturated heterocycles. The highest BCUT2D eigenvalue weighted by Crippen LogP contribution is 2.35. The number of nitrogens with zero attached hydrogens (tertiary/aromatic N) is 4. The smallest absolute Gasteiger partial charge is 0.282 e. The minimum Gasteiger partial charge on any atom is -0.378 e. The average molecular weight is 441 g/mol. The van der Waals surface area contributed by atoms with Crippen molar-refractivity contribution in [2.24, 2.45) is 0 Å². The number of rotatable bonds is 8. The molecule has 4 rings (SSSR count). The van der Waals surface area contributed by atoms with Crippen molar-refractivity contribution < 1.29 is 9.59 Å². The predicted molar refractivity (Wildman–Crippen MR) is 132 cm³/mol. The summed E-state index contributed by atoms with van der Waals surface area (Å²) >= 11 is 0. The molecule has 0 spiro atoms. The summed E-state index contributed by atoms with van der Waals surface area (Å²) in [5.41, 5.74) is 4.37. The van der Waals surface area contributed by atoms with Crippen molar-refractivity contribution in [2.75, 3.05) is 37.0 Å². The van der Waals surface area contributed by atoms with Gasteiger partial charge in [0, 0.05) is 45.3 Å².